The van der Waals surface area contributed by atoms with Gasteiger partial charge in [0.05, 0.1) is 17.7 Å². The molecule has 1 heterocycles. The van der Waals surface area contributed by atoms with Crippen molar-refractivity contribution in [2.45, 2.75) is 26.0 Å². The topological polar surface area (TPSA) is 50.5 Å². The highest BCUT2D eigenvalue weighted by Crippen LogP contribution is 2.30. The van der Waals surface area contributed by atoms with Crippen LogP contribution in [-0.2, 0) is 0 Å². The molecule has 19 heavy (non-hydrogen) atoms. The molecule has 102 valence electrons. The Morgan fingerprint density at radius 3 is 2.74 bits per heavy atom. The molecule has 1 aliphatic heterocycles. The lowest BCUT2D eigenvalue weighted by Gasteiger charge is -2.41. The van der Waals surface area contributed by atoms with Gasteiger partial charge in [-0.05, 0) is 33.0 Å². The van der Waals surface area contributed by atoms with Gasteiger partial charge >= 0.3 is 0 Å². The predicted octanol–water partition coefficient (Wildman–Crippen LogP) is 1.75. The van der Waals surface area contributed by atoms with Crippen molar-refractivity contribution >= 4 is 5.69 Å². The van der Waals surface area contributed by atoms with Crippen molar-refractivity contribution in [3.8, 4) is 6.07 Å². The van der Waals surface area contributed by atoms with Crippen molar-refractivity contribution in [3.05, 3.63) is 29.3 Å². The summed E-state index contributed by atoms with van der Waals surface area (Å²) in [6, 6.07) is 8.08. The molecule has 0 amide bonds. The summed E-state index contributed by atoms with van der Waals surface area (Å²) in [7, 11) is 2.12. The fraction of sp³-hybridized carbons (Fsp3) is 0.533. The van der Waals surface area contributed by atoms with Gasteiger partial charge in [-0.25, -0.2) is 0 Å². The van der Waals surface area contributed by atoms with Crippen molar-refractivity contribution in [3.63, 3.8) is 0 Å². The molecule has 1 aromatic rings. The molecule has 0 aliphatic carbocycles. The lowest BCUT2D eigenvalue weighted by atomic mass is 10.0. The molecule has 4 nitrogen and oxygen atoms in total. The normalized spacial score (nSPS) is 22.1. The van der Waals surface area contributed by atoms with Crippen LogP contribution in [0.3, 0.4) is 0 Å². The van der Waals surface area contributed by atoms with Crippen LogP contribution in [0.2, 0.25) is 0 Å². The number of rotatable bonds is 2. The molecular weight excluding hydrogens is 238 g/mol. The van der Waals surface area contributed by atoms with Crippen LogP contribution in [0.25, 0.3) is 0 Å². The van der Waals surface area contributed by atoms with E-state index in [4.69, 9.17) is 5.26 Å². The van der Waals surface area contributed by atoms with E-state index in [1.807, 2.05) is 12.1 Å². The maximum Gasteiger partial charge on any atom is 0.0992 e. The van der Waals surface area contributed by atoms with Gasteiger partial charge in [0, 0.05) is 36.9 Å². The Morgan fingerprint density at radius 2 is 2.16 bits per heavy atom. The number of aliphatic hydroxyl groups excluding tert-OH is 1. The molecule has 0 saturated carbocycles. The standard InChI is InChI=1S/C15H21N3O/c1-11-10-17(3)6-7-18(11)15-8-13(9-16)4-5-14(15)12(2)19/h4-5,8,11-12,19H,6-7,10H2,1-3H3/t11?,12-/m0/s1. The predicted molar refractivity (Wildman–Crippen MR) is 76.1 cm³/mol. The van der Waals surface area contributed by atoms with Gasteiger partial charge < -0.3 is 14.9 Å². The van der Waals surface area contributed by atoms with E-state index in [9.17, 15) is 5.11 Å². The van der Waals surface area contributed by atoms with E-state index in [1.165, 1.54) is 0 Å². The summed E-state index contributed by atoms with van der Waals surface area (Å²) < 4.78 is 0. The molecule has 1 unspecified atom stereocenters. The number of nitriles is 1. The number of piperazine rings is 1. The van der Waals surface area contributed by atoms with Crippen molar-refractivity contribution in [1.29, 1.82) is 5.26 Å². The Morgan fingerprint density at radius 1 is 1.42 bits per heavy atom. The second kappa shape index (κ2) is 5.60. The van der Waals surface area contributed by atoms with E-state index >= 15 is 0 Å². The van der Waals surface area contributed by atoms with Crippen LogP contribution in [0.4, 0.5) is 5.69 Å². The Balaban J connectivity index is 2.39. The quantitative estimate of drug-likeness (QED) is 0.879. The lowest BCUT2D eigenvalue weighted by molar-refractivity contribution is 0.198. The lowest BCUT2D eigenvalue weighted by Crippen LogP contribution is -2.50. The van der Waals surface area contributed by atoms with E-state index in [-0.39, 0.29) is 0 Å². The fourth-order valence-electron chi connectivity index (χ4n) is 2.71. The van der Waals surface area contributed by atoms with Crippen LogP contribution >= 0.6 is 0 Å². The van der Waals surface area contributed by atoms with Gasteiger partial charge in [-0.1, -0.05) is 6.07 Å². The fourth-order valence-corrected chi connectivity index (χ4v) is 2.71. The first-order valence-corrected chi connectivity index (χ1v) is 6.70. The number of anilines is 1. The summed E-state index contributed by atoms with van der Waals surface area (Å²) in [5.41, 5.74) is 2.54. The molecule has 1 aliphatic rings. The molecule has 1 saturated heterocycles. The number of nitrogens with zero attached hydrogens (tertiary/aromatic N) is 3. The molecule has 1 N–H and O–H groups in total. The zero-order valence-electron chi connectivity index (χ0n) is 11.8. The Kier molecular flexibility index (Phi) is 4.08. The number of hydrogen-bond acceptors (Lipinski definition) is 4. The van der Waals surface area contributed by atoms with Gasteiger partial charge in [0.15, 0.2) is 0 Å². The maximum atomic E-state index is 9.92. The van der Waals surface area contributed by atoms with E-state index in [0.717, 1.165) is 30.9 Å². The van der Waals surface area contributed by atoms with Crippen LogP contribution < -0.4 is 4.90 Å². The first kappa shape index (κ1) is 13.9. The van der Waals surface area contributed by atoms with Crippen LogP contribution in [0.15, 0.2) is 18.2 Å². The van der Waals surface area contributed by atoms with Gasteiger partial charge in [0.1, 0.15) is 0 Å². The average molecular weight is 259 g/mol. The SMILES string of the molecule is CC1CN(C)CCN1c1cc(C#N)ccc1[C@H](C)O. The minimum Gasteiger partial charge on any atom is -0.389 e. The smallest absolute Gasteiger partial charge is 0.0992 e. The molecule has 1 aromatic carbocycles. The Hall–Kier alpha value is -1.57. The van der Waals surface area contributed by atoms with Crippen molar-refractivity contribution < 1.29 is 5.11 Å². The minimum atomic E-state index is -0.519. The number of aliphatic hydroxyl groups is 1. The Bertz CT molecular complexity index is 493. The zero-order chi connectivity index (χ0) is 14.0. The van der Waals surface area contributed by atoms with Crippen molar-refractivity contribution in [2.24, 2.45) is 0 Å². The average Bonchev–Trinajstić information content (AvgIpc) is 2.38. The molecule has 2 rings (SSSR count). The molecule has 4 heteroatoms. The summed E-state index contributed by atoms with van der Waals surface area (Å²) >= 11 is 0. The van der Waals surface area contributed by atoms with Gasteiger partial charge in [0.25, 0.3) is 0 Å². The highest BCUT2D eigenvalue weighted by molar-refractivity contribution is 5.59. The third-order valence-corrected chi connectivity index (χ3v) is 3.75. The van der Waals surface area contributed by atoms with E-state index in [2.05, 4.69) is 29.8 Å². The first-order chi connectivity index (χ1) is 9.02. The van der Waals surface area contributed by atoms with E-state index < -0.39 is 6.10 Å². The largest absolute Gasteiger partial charge is 0.389 e. The van der Waals surface area contributed by atoms with Gasteiger partial charge in [-0.2, -0.15) is 5.26 Å². The highest BCUT2D eigenvalue weighted by atomic mass is 16.3. The summed E-state index contributed by atoms with van der Waals surface area (Å²) in [6.07, 6.45) is -0.519. The van der Waals surface area contributed by atoms with Crippen molar-refractivity contribution in [2.75, 3.05) is 31.6 Å². The summed E-state index contributed by atoms with van der Waals surface area (Å²) in [4.78, 5) is 4.60. The van der Waals surface area contributed by atoms with Crippen molar-refractivity contribution in [1.82, 2.24) is 4.90 Å². The van der Waals surface area contributed by atoms with Crippen LogP contribution in [-0.4, -0.2) is 42.7 Å². The summed E-state index contributed by atoms with van der Waals surface area (Å²) in [6.45, 7) is 6.87. The number of likely N-dealkylation sites (N-methyl/N-ethyl adjacent to an activating group) is 1. The highest BCUT2D eigenvalue weighted by Gasteiger charge is 2.24. The summed E-state index contributed by atoms with van der Waals surface area (Å²) in [5.74, 6) is 0. The molecule has 0 spiro atoms. The molecular formula is C15H21N3O. The second-order valence-corrected chi connectivity index (χ2v) is 5.37. The van der Waals surface area contributed by atoms with Crippen LogP contribution in [0.1, 0.15) is 31.1 Å². The van der Waals surface area contributed by atoms with Gasteiger partial charge in [-0.3, -0.25) is 0 Å². The molecule has 0 aromatic heterocycles. The molecule has 2 atom stereocenters. The van der Waals surface area contributed by atoms with E-state index in [0.29, 0.717) is 11.6 Å². The van der Waals surface area contributed by atoms with Gasteiger partial charge in [-0.15, -0.1) is 0 Å². The third kappa shape index (κ3) is 2.89. The maximum absolute atomic E-state index is 9.92. The zero-order valence-corrected chi connectivity index (χ0v) is 11.8. The molecule has 0 bridgehead atoms. The molecule has 0 radical (unpaired) electrons. The van der Waals surface area contributed by atoms with Crippen LogP contribution in [0.5, 0.6) is 0 Å². The summed E-state index contributed by atoms with van der Waals surface area (Å²) in [5, 5.41) is 19.0. The number of benzene rings is 1. The first-order valence-electron chi connectivity index (χ1n) is 6.70. The van der Waals surface area contributed by atoms with E-state index in [1.54, 1.807) is 13.0 Å². The number of hydrogen-bond donors (Lipinski definition) is 1. The minimum absolute atomic E-state index is 0.380. The third-order valence-electron chi connectivity index (χ3n) is 3.75. The monoisotopic (exact) mass is 259 g/mol. The molecule has 1 fully saturated rings. The van der Waals surface area contributed by atoms with Gasteiger partial charge in [0.2, 0.25) is 0 Å². The Labute approximate surface area is 114 Å². The second-order valence-electron chi connectivity index (χ2n) is 5.37. The van der Waals surface area contributed by atoms with Crippen LogP contribution in [0, 0.1) is 11.3 Å².